The summed E-state index contributed by atoms with van der Waals surface area (Å²) in [6.45, 7) is 9.11. The van der Waals surface area contributed by atoms with Crippen LogP contribution in [0.25, 0.3) is 22.3 Å². The maximum Gasteiger partial charge on any atom is 0.223 e. The summed E-state index contributed by atoms with van der Waals surface area (Å²) in [5, 5.41) is 24.9. The molecule has 4 rings (SSSR count). The number of rotatable bonds is 7. The summed E-state index contributed by atoms with van der Waals surface area (Å²) < 4.78 is 42.7. The third-order valence-corrected chi connectivity index (χ3v) is 8.41. The number of nitrogens with zero attached hydrogens (tertiary/aromatic N) is 5. The molecule has 208 valence electrons. The van der Waals surface area contributed by atoms with Crippen molar-refractivity contribution in [1.29, 1.82) is 0 Å². The minimum Gasteiger partial charge on any atom is -0.389 e. The molecule has 1 aromatic carbocycles. The summed E-state index contributed by atoms with van der Waals surface area (Å²) in [4.78, 5) is 13.2. The van der Waals surface area contributed by atoms with Crippen molar-refractivity contribution >= 4 is 38.6 Å². The Morgan fingerprint density at radius 3 is 2.55 bits per heavy atom. The van der Waals surface area contributed by atoms with Crippen LogP contribution in [0, 0.1) is 5.82 Å². The van der Waals surface area contributed by atoms with E-state index >= 15 is 4.39 Å². The van der Waals surface area contributed by atoms with Crippen LogP contribution >= 0.6 is 11.6 Å². The van der Waals surface area contributed by atoms with E-state index in [1.807, 2.05) is 20.8 Å². The quantitative estimate of drug-likeness (QED) is 0.393. The highest BCUT2D eigenvalue weighted by Gasteiger charge is 2.40. The van der Waals surface area contributed by atoms with Crippen molar-refractivity contribution in [3.8, 4) is 11.3 Å². The van der Waals surface area contributed by atoms with Gasteiger partial charge >= 0.3 is 0 Å². The Balaban J connectivity index is 1.72. The number of sulfonamides is 1. The lowest BCUT2D eigenvalue weighted by molar-refractivity contribution is 0.0402. The molecular weight excluding hydrogens is 535 g/mol. The van der Waals surface area contributed by atoms with Crippen LogP contribution in [0.5, 0.6) is 0 Å². The Labute approximate surface area is 226 Å². The molecule has 0 unspecified atom stereocenters. The third kappa shape index (κ3) is 5.37. The van der Waals surface area contributed by atoms with Gasteiger partial charge in [-0.25, -0.2) is 27.8 Å². The second-order valence-corrected chi connectivity index (χ2v) is 12.9. The number of aliphatic hydroxyl groups is 2. The van der Waals surface area contributed by atoms with E-state index in [-0.39, 0.29) is 34.8 Å². The molecule has 1 aliphatic rings. The van der Waals surface area contributed by atoms with Gasteiger partial charge in [-0.15, -0.1) is 0 Å². The highest BCUT2D eigenvalue weighted by Crippen LogP contribution is 2.35. The molecule has 3 atom stereocenters. The SMILES string of the molecule is CC[C@@H]1[C@H](O)[C@@H](Nc2ncc(Cl)c(-c3cc(F)c4nc(C(C)(C)O)n(C(C)C)c4c3)n2)CCN1S(C)(=O)=O. The molecule has 3 heterocycles. The number of benzene rings is 1. The number of halogens is 2. The second kappa shape index (κ2) is 10.3. The predicted octanol–water partition coefficient (Wildman–Crippen LogP) is 3.68. The summed E-state index contributed by atoms with van der Waals surface area (Å²) in [6.07, 6.45) is 2.33. The van der Waals surface area contributed by atoms with Gasteiger partial charge in [0.15, 0.2) is 5.82 Å². The van der Waals surface area contributed by atoms with Gasteiger partial charge in [0, 0.05) is 18.2 Å². The molecular formula is C25H34ClFN6O4S. The number of imidazole rings is 1. The molecule has 38 heavy (non-hydrogen) atoms. The van der Waals surface area contributed by atoms with E-state index in [4.69, 9.17) is 11.6 Å². The number of fused-ring (bicyclic) bond motifs is 1. The third-order valence-electron chi connectivity index (χ3n) is 6.83. The summed E-state index contributed by atoms with van der Waals surface area (Å²) in [7, 11) is -3.47. The summed E-state index contributed by atoms with van der Waals surface area (Å²) in [6, 6.07) is 1.83. The van der Waals surface area contributed by atoms with Crippen LogP contribution in [0.1, 0.15) is 59.3 Å². The number of hydrogen-bond acceptors (Lipinski definition) is 8. The van der Waals surface area contributed by atoms with Crippen molar-refractivity contribution in [2.45, 2.75) is 77.3 Å². The predicted molar refractivity (Wildman–Crippen MR) is 145 cm³/mol. The Morgan fingerprint density at radius 2 is 1.97 bits per heavy atom. The number of anilines is 1. The van der Waals surface area contributed by atoms with Crippen LogP contribution in [0.4, 0.5) is 10.3 Å². The molecule has 3 aromatic rings. The maximum absolute atomic E-state index is 15.3. The van der Waals surface area contributed by atoms with E-state index in [1.165, 1.54) is 16.6 Å². The average molecular weight is 569 g/mol. The summed E-state index contributed by atoms with van der Waals surface area (Å²) in [5.74, 6) is -0.0679. The first-order chi connectivity index (χ1) is 17.6. The van der Waals surface area contributed by atoms with Crippen LogP contribution in [0.2, 0.25) is 5.02 Å². The van der Waals surface area contributed by atoms with Gasteiger partial charge in [-0.3, -0.25) is 0 Å². The number of aliphatic hydroxyl groups excluding tert-OH is 1. The molecule has 2 aromatic heterocycles. The standard InChI is InChI=1S/C25H34ClFN6O4S/c1-7-18-22(34)17(8-9-32(18)38(6,36)37)29-24-28-12-15(26)20(31-24)14-10-16(27)21-19(11-14)33(13(2)3)23(30-21)25(4,5)35/h10-13,17-18,22,34-35H,7-9H2,1-6H3,(H,28,29,31)/t17-,18+,22+/m0/s1. The molecule has 0 radical (unpaired) electrons. The molecule has 0 saturated carbocycles. The van der Waals surface area contributed by atoms with Crippen LogP contribution in [-0.2, 0) is 15.6 Å². The lowest BCUT2D eigenvalue weighted by Gasteiger charge is -2.41. The van der Waals surface area contributed by atoms with E-state index in [0.29, 0.717) is 29.7 Å². The first-order valence-electron chi connectivity index (χ1n) is 12.5. The fourth-order valence-electron chi connectivity index (χ4n) is 5.10. The van der Waals surface area contributed by atoms with Crippen molar-refractivity contribution in [1.82, 2.24) is 23.8 Å². The zero-order valence-electron chi connectivity index (χ0n) is 22.3. The monoisotopic (exact) mass is 568 g/mol. The Bertz CT molecular complexity index is 1460. The van der Waals surface area contributed by atoms with Gasteiger partial charge in [-0.05, 0) is 52.7 Å². The van der Waals surface area contributed by atoms with Crippen LogP contribution in [-0.4, -0.2) is 73.4 Å². The molecule has 1 saturated heterocycles. The second-order valence-electron chi connectivity index (χ2n) is 10.6. The molecule has 1 aliphatic heterocycles. The van der Waals surface area contributed by atoms with Crippen molar-refractivity contribution in [2.75, 3.05) is 18.1 Å². The zero-order valence-corrected chi connectivity index (χ0v) is 23.8. The van der Waals surface area contributed by atoms with Gasteiger partial charge in [0.25, 0.3) is 0 Å². The number of aromatic nitrogens is 4. The number of nitrogens with one attached hydrogen (secondary N) is 1. The van der Waals surface area contributed by atoms with Gasteiger partial charge in [-0.1, -0.05) is 18.5 Å². The van der Waals surface area contributed by atoms with Crippen molar-refractivity contribution in [3.63, 3.8) is 0 Å². The molecule has 0 aliphatic carbocycles. The van der Waals surface area contributed by atoms with Crippen molar-refractivity contribution in [2.24, 2.45) is 0 Å². The fourth-order valence-corrected chi connectivity index (χ4v) is 6.51. The molecule has 1 fully saturated rings. The average Bonchev–Trinajstić information content (AvgIpc) is 3.22. The lowest BCUT2D eigenvalue weighted by atomic mass is 9.94. The first kappa shape index (κ1) is 28.6. The van der Waals surface area contributed by atoms with Gasteiger partial charge in [0.05, 0.1) is 46.9 Å². The molecule has 0 spiro atoms. The summed E-state index contributed by atoms with van der Waals surface area (Å²) in [5.41, 5.74) is 0.0126. The minimum absolute atomic E-state index is 0.111. The Hall–Kier alpha value is -2.38. The highest BCUT2D eigenvalue weighted by atomic mass is 35.5. The van der Waals surface area contributed by atoms with E-state index in [9.17, 15) is 18.6 Å². The van der Waals surface area contributed by atoms with Crippen LogP contribution in [0.3, 0.4) is 0 Å². The van der Waals surface area contributed by atoms with Gasteiger partial charge in [-0.2, -0.15) is 4.31 Å². The number of hydrogen-bond donors (Lipinski definition) is 3. The largest absolute Gasteiger partial charge is 0.389 e. The smallest absolute Gasteiger partial charge is 0.223 e. The Kier molecular flexibility index (Phi) is 7.76. The zero-order chi connectivity index (χ0) is 28.2. The highest BCUT2D eigenvalue weighted by molar-refractivity contribution is 7.88. The molecule has 13 heteroatoms. The normalized spacial score (nSPS) is 21.4. The van der Waals surface area contributed by atoms with E-state index in [2.05, 4.69) is 20.3 Å². The topological polar surface area (TPSA) is 133 Å². The molecule has 0 bridgehead atoms. The van der Waals surface area contributed by atoms with E-state index < -0.39 is 39.6 Å². The van der Waals surface area contributed by atoms with Gasteiger partial charge in [0.1, 0.15) is 16.9 Å². The maximum atomic E-state index is 15.3. The lowest BCUT2D eigenvalue weighted by Crippen LogP contribution is -2.58. The van der Waals surface area contributed by atoms with Crippen LogP contribution in [0.15, 0.2) is 18.3 Å². The van der Waals surface area contributed by atoms with E-state index in [0.717, 1.165) is 6.26 Å². The van der Waals surface area contributed by atoms with Crippen LogP contribution < -0.4 is 5.32 Å². The van der Waals surface area contributed by atoms with Gasteiger partial charge in [0.2, 0.25) is 16.0 Å². The molecule has 3 N–H and O–H groups in total. The van der Waals surface area contributed by atoms with Gasteiger partial charge < -0.3 is 20.1 Å². The Morgan fingerprint density at radius 1 is 1.29 bits per heavy atom. The fraction of sp³-hybridized carbons (Fsp3) is 0.560. The molecule has 10 nitrogen and oxygen atoms in total. The minimum atomic E-state index is -3.47. The summed E-state index contributed by atoms with van der Waals surface area (Å²) >= 11 is 6.44. The van der Waals surface area contributed by atoms with Crippen molar-refractivity contribution in [3.05, 3.63) is 35.0 Å². The van der Waals surface area contributed by atoms with E-state index in [1.54, 1.807) is 24.5 Å². The van der Waals surface area contributed by atoms with Crippen molar-refractivity contribution < 1.29 is 23.0 Å². The number of piperidine rings is 1. The molecule has 0 amide bonds. The first-order valence-corrected chi connectivity index (χ1v) is 14.7.